The lowest BCUT2D eigenvalue weighted by atomic mass is 9.97. The third kappa shape index (κ3) is 4.24. The Labute approximate surface area is 165 Å². The van der Waals surface area contributed by atoms with Crippen molar-refractivity contribution < 1.29 is 4.79 Å². The van der Waals surface area contributed by atoms with Gasteiger partial charge in [0.05, 0.1) is 5.25 Å². The van der Waals surface area contributed by atoms with Crippen LogP contribution in [0.3, 0.4) is 0 Å². The summed E-state index contributed by atoms with van der Waals surface area (Å²) in [5, 5.41) is 9.22. The van der Waals surface area contributed by atoms with Gasteiger partial charge in [0, 0.05) is 36.6 Å². The standard InChI is InChI=1S/C20H27N5OS/c1-5-13-24-18(17-9-11-21-12-10-17)22-23-20(24)27-16(4)19(26)25-14(2)7-6-8-15(25)3/h5,9-12,14-16H,1,6-8,13H2,2-4H3/t14-,15+,16-/m1/s1. The van der Waals surface area contributed by atoms with Gasteiger partial charge in [-0.15, -0.1) is 16.8 Å². The van der Waals surface area contributed by atoms with Gasteiger partial charge in [0.2, 0.25) is 5.91 Å². The Balaban J connectivity index is 1.81. The van der Waals surface area contributed by atoms with E-state index in [1.165, 1.54) is 18.2 Å². The Morgan fingerprint density at radius 2 is 1.96 bits per heavy atom. The van der Waals surface area contributed by atoms with Gasteiger partial charge in [-0.2, -0.15) is 0 Å². The quantitative estimate of drug-likeness (QED) is 0.559. The maximum atomic E-state index is 13.1. The first-order valence-corrected chi connectivity index (χ1v) is 10.3. The molecule has 0 unspecified atom stereocenters. The van der Waals surface area contributed by atoms with Crippen LogP contribution >= 0.6 is 11.8 Å². The Morgan fingerprint density at radius 1 is 1.30 bits per heavy atom. The molecule has 1 saturated heterocycles. The molecule has 144 valence electrons. The number of piperidine rings is 1. The van der Waals surface area contributed by atoms with Crippen LogP contribution in [0.1, 0.15) is 40.0 Å². The van der Waals surface area contributed by atoms with Crippen LogP contribution < -0.4 is 0 Å². The van der Waals surface area contributed by atoms with Crippen molar-refractivity contribution in [1.82, 2.24) is 24.6 Å². The lowest BCUT2D eigenvalue weighted by molar-refractivity contribution is -0.136. The van der Waals surface area contributed by atoms with Gasteiger partial charge >= 0.3 is 0 Å². The number of likely N-dealkylation sites (tertiary alicyclic amines) is 1. The summed E-state index contributed by atoms with van der Waals surface area (Å²) in [6.07, 6.45) is 8.63. The monoisotopic (exact) mass is 385 g/mol. The second-order valence-electron chi connectivity index (χ2n) is 7.08. The first-order chi connectivity index (χ1) is 13.0. The first-order valence-electron chi connectivity index (χ1n) is 9.46. The molecule has 0 aromatic carbocycles. The molecule has 0 saturated carbocycles. The van der Waals surface area contributed by atoms with Crippen LogP contribution in [0.5, 0.6) is 0 Å². The predicted octanol–water partition coefficient (Wildman–Crippen LogP) is 3.80. The van der Waals surface area contributed by atoms with Crippen LogP contribution in [-0.4, -0.2) is 47.9 Å². The van der Waals surface area contributed by atoms with Crippen LogP contribution in [0.15, 0.2) is 42.3 Å². The lowest BCUT2D eigenvalue weighted by Crippen LogP contribution is -2.50. The Hall–Kier alpha value is -2.15. The molecule has 1 amide bonds. The van der Waals surface area contributed by atoms with Crippen molar-refractivity contribution in [1.29, 1.82) is 0 Å². The minimum absolute atomic E-state index is 0.179. The molecular weight excluding hydrogens is 358 g/mol. The van der Waals surface area contributed by atoms with Gasteiger partial charge in [0.1, 0.15) is 0 Å². The van der Waals surface area contributed by atoms with E-state index in [-0.39, 0.29) is 11.2 Å². The zero-order valence-corrected chi connectivity index (χ0v) is 17.0. The number of amides is 1. The molecule has 1 aliphatic rings. The smallest absolute Gasteiger partial charge is 0.236 e. The number of aromatic nitrogens is 4. The molecule has 2 aromatic heterocycles. The minimum Gasteiger partial charge on any atom is -0.336 e. The summed E-state index contributed by atoms with van der Waals surface area (Å²) in [5.74, 6) is 0.942. The molecule has 0 N–H and O–H groups in total. The third-order valence-corrected chi connectivity index (χ3v) is 6.11. The summed E-state index contributed by atoms with van der Waals surface area (Å²) in [6.45, 7) is 10.7. The van der Waals surface area contributed by atoms with E-state index in [0.717, 1.165) is 29.4 Å². The Morgan fingerprint density at radius 3 is 2.59 bits per heavy atom. The fraction of sp³-hybridized carbons (Fsp3) is 0.500. The van der Waals surface area contributed by atoms with E-state index in [1.807, 2.05) is 29.7 Å². The van der Waals surface area contributed by atoms with Gasteiger partial charge in [0.25, 0.3) is 0 Å². The predicted molar refractivity (Wildman–Crippen MR) is 108 cm³/mol. The summed E-state index contributed by atoms with van der Waals surface area (Å²) in [7, 11) is 0. The van der Waals surface area contributed by atoms with Crippen molar-refractivity contribution in [2.45, 2.75) is 69.1 Å². The highest BCUT2D eigenvalue weighted by Crippen LogP contribution is 2.30. The molecule has 6 nitrogen and oxygen atoms in total. The number of thioether (sulfide) groups is 1. The summed E-state index contributed by atoms with van der Waals surface area (Å²) >= 11 is 1.47. The van der Waals surface area contributed by atoms with Crippen LogP contribution in [0.4, 0.5) is 0 Å². The summed E-state index contributed by atoms with van der Waals surface area (Å²) < 4.78 is 2.00. The van der Waals surface area contributed by atoms with Crippen molar-refractivity contribution in [2.24, 2.45) is 0 Å². The number of hydrogen-bond acceptors (Lipinski definition) is 5. The molecule has 3 atom stereocenters. The van der Waals surface area contributed by atoms with Gasteiger partial charge in [-0.3, -0.25) is 14.3 Å². The van der Waals surface area contributed by atoms with Crippen molar-refractivity contribution in [3.63, 3.8) is 0 Å². The third-order valence-electron chi connectivity index (χ3n) is 5.04. The molecule has 3 rings (SSSR count). The number of carbonyl (C=O) groups is 1. The summed E-state index contributed by atoms with van der Waals surface area (Å²) in [6, 6.07) is 4.40. The molecular formula is C20H27N5OS. The highest BCUT2D eigenvalue weighted by atomic mass is 32.2. The average Bonchev–Trinajstić information content (AvgIpc) is 3.05. The number of hydrogen-bond donors (Lipinski definition) is 0. The van der Waals surface area contributed by atoms with Crippen LogP contribution in [-0.2, 0) is 11.3 Å². The lowest BCUT2D eigenvalue weighted by Gasteiger charge is -2.40. The maximum absolute atomic E-state index is 13.1. The van der Waals surface area contributed by atoms with Crippen LogP contribution in [0.25, 0.3) is 11.4 Å². The minimum atomic E-state index is -0.217. The SMILES string of the molecule is C=CCn1c(S[C@H](C)C(=O)N2[C@H](C)CCC[C@@H]2C)nnc1-c1ccncc1. The molecule has 1 aliphatic heterocycles. The van der Waals surface area contributed by atoms with E-state index in [0.29, 0.717) is 18.6 Å². The highest BCUT2D eigenvalue weighted by molar-refractivity contribution is 8.00. The summed E-state index contributed by atoms with van der Waals surface area (Å²) in [5.41, 5.74) is 0.948. The van der Waals surface area contributed by atoms with Crippen LogP contribution in [0, 0.1) is 0 Å². The molecule has 1 fully saturated rings. The Bertz CT molecular complexity index is 781. The average molecular weight is 386 g/mol. The fourth-order valence-corrected chi connectivity index (χ4v) is 4.57. The number of pyridine rings is 1. The first kappa shape index (κ1) is 19.6. The van der Waals surface area contributed by atoms with E-state index in [4.69, 9.17) is 0 Å². The molecule has 2 aromatic rings. The molecule has 0 spiro atoms. The van der Waals surface area contributed by atoms with E-state index < -0.39 is 0 Å². The number of carbonyl (C=O) groups excluding carboxylic acids is 1. The van der Waals surface area contributed by atoms with Gasteiger partial charge in [-0.25, -0.2) is 0 Å². The maximum Gasteiger partial charge on any atom is 0.236 e. The van der Waals surface area contributed by atoms with Crippen LogP contribution in [0.2, 0.25) is 0 Å². The molecule has 0 radical (unpaired) electrons. The fourth-order valence-electron chi connectivity index (χ4n) is 3.66. The number of nitrogens with zero attached hydrogens (tertiary/aromatic N) is 5. The van der Waals surface area contributed by atoms with Gasteiger partial charge in [-0.1, -0.05) is 17.8 Å². The molecule has 3 heterocycles. The van der Waals surface area contributed by atoms with Gasteiger partial charge in [-0.05, 0) is 52.2 Å². The second kappa shape index (κ2) is 8.69. The Kier molecular flexibility index (Phi) is 6.31. The van der Waals surface area contributed by atoms with Crippen molar-refractivity contribution in [3.8, 4) is 11.4 Å². The normalized spacial score (nSPS) is 21.1. The zero-order valence-electron chi connectivity index (χ0n) is 16.2. The van der Waals surface area contributed by atoms with E-state index in [9.17, 15) is 4.79 Å². The van der Waals surface area contributed by atoms with Gasteiger partial charge in [0.15, 0.2) is 11.0 Å². The van der Waals surface area contributed by atoms with E-state index >= 15 is 0 Å². The number of rotatable bonds is 6. The topological polar surface area (TPSA) is 63.9 Å². The largest absolute Gasteiger partial charge is 0.336 e. The van der Waals surface area contributed by atoms with Crippen molar-refractivity contribution in [2.75, 3.05) is 0 Å². The van der Waals surface area contributed by atoms with E-state index in [2.05, 4.69) is 40.5 Å². The molecule has 7 heteroatoms. The van der Waals surface area contributed by atoms with Crippen molar-refractivity contribution >= 4 is 17.7 Å². The summed E-state index contributed by atoms with van der Waals surface area (Å²) in [4.78, 5) is 19.2. The number of allylic oxidation sites excluding steroid dienone is 1. The van der Waals surface area contributed by atoms with Gasteiger partial charge < -0.3 is 4.90 Å². The molecule has 0 aliphatic carbocycles. The molecule has 0 bridgehead atoms. The molecule has 27 heavy (non-hydrogen) atoms. The van der Waals surface area contributed by atoms with Crippen molar-refractivity contribution in [3.05, 3.63) is 37.2 Å². The zero-order chi connectivity index (χ0) is 19.4. The van der Waals surface area contributed by atoms with E-state index in [1.54, 1.807) is 12.4 Å². The highest BCUT2D eigenvalue weighted by Gasteiger charge is 2.32. The second-order valence-corrected chi connectivity index (χ2v) is 8.38.